The van der Waals surface area contributed by atoms with Crippen molar-refractivity contribution in [3.05, 3.63) is 34.9 Å². The Balaban J connectivity index is 3.39. The van der Waals surface area contributed by atoms with E-state index in [0.29, 0.717) is 0 Å². The minimum absolute atomic E-state index is 0.0640. The minimum atomic E-state index is -4.84. The molecule has 21 heavy (non-hydrogen) atoms. The Morgan fingerprint density at radius 3 is 1.48 bits per heavy atom. The molecule has 1 rings (SSSR count). The highest BCUT2D eigenvalue weighted by Crippen LogP contribution is 2.39. The Morgan fingerprint density at radius 2 is 1.19 bits per heavy atom. The predicted octanol–water partition coefficient (Wildman–Crippen LogP) is 6.09. The first kappa shape index (κ1) is 18.1. The zero-order chi connectivity index (χ0) is 16.6. The van der Waals surface area contributed by atoms with Crippen LogP contribution < -0.4 is 0 Å². The average Bonchev–Trinajstić information content (AvgIpc) is 2.34. The normalized spacial score (nSPS) is 16.1. The molecule has 0 saturated heterocycles. The summed E-state index contributed by atoms with van der Waals surface area (Å²) in [7, 11) is 0. The molecule has 7 heteroatoms. The molecule has 0 aliphatic heterocycles. The van der Waals surface area contributed by atoms with Crippen LogP contribution in [0.25, 0.3) is 0 Å². The highest BCUT2D eigenvalue weighted by molar-refractivity contribution is 6.21. The van der Waals surface area contributed by atoms with E-state index in [1.165, 1.54) is 6.92 Å². The molecule has 120 valence electrons. The van der Waals surface area contributed by atoms with Crippen molar-refractivity contribution in [1.29, 1.82) is 0 Å². The largest absolute Gasteiger partial charge is 0.416 e. The highest BCUT2D eigenvalue weighted by Gasteiger charge is 2.37. The minimum Gasteiger partial charge on any atom is -0.166 e. The predicted molar refractivity (Wildman–Crippen MR) is 69.3 cm³/mol. The molecule has 1 aromatic carbocycles. The summed E-state index contributed by atoms with van der Waals surface area (Å²) in [4.78, 5) is 0. The van der Waals surface area contributed by atoms with Crippen LogP contribution in [0, 0.1) is 5.92 Å². The summed E-state index contributed by atoms with van der Waals surface area (Å²) < 4.78 is 76.6. The second kappa shape index (κ2) is 6.07. The molecule has 1 aromatic rings. The Labute approximate surface area is 124 Å². The molecule has 0 bridgehead atoms. The zero-order valence-corrected chi connectivity index (χ0v) is 12.4. The first-order valence-corrected chi connectivity index (χ1v) is 6.71. The van der Waals surface area contributed by atoms with Gasteiger partial charge in [-0.2, -0.15) is 26.3 Å². The summed E-state index contributed by atoms with van der Waals surface area (Å²) in [5, 5.41) is -0.561. The molecule has 0 N–H and O–H groups in total. The van der Waals surface area contributed by atoms with Crippen LogP contribution in [0.3, 0.4) is 0 Å². The van der Waals surface area contributed by atoms with E-state index in [2.05, 4.69) is 0 Å². The third-order valence-corrected chi connectivity index (χ3v) is 4.13. The number of benzene rings is 1. The Kier molecular flexibility index (Phi) is 5.24. The van der Waals surface area contributed by atoms with Crippen molar-refractivity contribution in [3.63, 3.8) is 0 Å². The van der Waals surface area contributed by atoms with Gasteiger partial charge >= 0.3 is 12.4 Å². The molecule has 0 radical (unpaired) electrons. The highest BCUT2D eigenvalue weighted by atomic mass is 35.5. The third-order valence-electron chi connectivity index (χ3n) is 3.25. The quantitative estimate of drug-likeness (QED) is 0.464. The van der Waals surface area contributed by atoms with Gasteiger partial charge in [0.25, 0.3) is 0 Å². The first-order chi connectivity index (χ1) is 9.34. The second-order valence-corrected chi connectivity index (χ2v) is 5.82. The topological polar surface area (TPSA) is 0 Å². The Hall–Kier alpha value is -0.910. The van der Waals surface area contributed by atoms with E-state index in [1.807, 2.05) is 0 Å². The van der Waals surface area contributed by atoms with Crippen LogP contribution in [0.2, 0.25) is 0 Å². The maximum atomic E-state index is 12.8. The molecule has 0 aliphatic rings. The third kappa shape index (κ3) is 4.53. The number of rotatable bonds is 3. The first-order valence-electron chi connectivity index (χ1n) is 6.27. The van der Waals surface area contributed by atoms with Crippen molar-refractivity contribution < 1.29 is 26.3 Å². The summed E-state index contributed by atoms with van der Waals surface area (Å²) in [6.45, 7) is 5.03. The van der Waals surface area contributed by atoms with Gasteiger partial charge < -0.3 is 0 Å². The van der Waals surface area contributed by atoms with E-state index < -0.39 is 34.8 Å². The molecule has 2 unspecified atom stereocenters. The van der Waals surface area contributed by atoms with Gasteiger partial charge in [0, 0.05) is 5.38 Å². The van der Waals surface area contributed by atoms with Crippen molar-refractivity contribution in [1.82, 2.24) is 0 Å². The van der Waals surface area contributed by atoms with Gasteiger partial charge in [0.1, 0.15) is 0 Å². The number of hydrogen-bond donors (Lipinski definition) is 0. The summed E-state index contributed by atoms with van der Waals surface area (Å²) in [6, 6.07) is 1.59. The molecule has 0 nitrogen and oxygen atoms in total. The molecule has 2 atom stereocenters. The lowest BCUT2D eigenvalue weighted by molar-refractivity contribution is -0.143. The molecular weight excluding hydrogens is 318 g/mol. The maximum Gasteiger partial charge on any atom is 0.416 e. The number of alkyl halides is 7. The van der Waals surface area contributed by atoms with Crippen LogP contribution >= 0.6 is 11.6 Å². The fourth-order valence-corrected chi connectivity index (χ4v) is 2.15. The molecule has 0 fully saturated rings. The van der Waals surface area contributed by atoms with Crippen LogP contribution in [-0.4, -0.2) is 5.38 Å². The van der Waals surface area contributed by atoms with Gasteiger partial charge in [-0.3, -0.25) is 0 Å². The van der Waals surface area contributed by atoms with E-state index in [-0.39, 0.29) is 17.5 Å². The molecule has 0 aliphatic carbocycles. The fraction of sp³-hybridized carbons (Fsp3) is 0.571. The molecule has 0 spiro atoms. The maximum absolute atomic E-state index is 12.8. The summed E-state index contributed by atoms with van der Waals surface area (Å²) in [6.07, 6.45) is -9.68. The lowest BCUT2D eigenvalue weighted by atomic mass is 9.89. The Bertz CT molecular complexity index is 457. The van der Waals surface area contributed by atoms with Crippen molar-refractivity contribution >= 4 is 11.6 Å². The van der Waals surface area contributed by atoms with Crippen molar-refractivity contribution in [2.75, 3.05) is 0 Å². The fourth-order valence-electron chi connectivity index (χ4n) is 2.00. The molecule has 0 heterocycles. The van der Waals surface area contributed by atoms with Gasteiger partial charge in [-0.05, 0) is 35.6 Å². The summed E-state index contributed by atoms with van der Waals surface area (Å²) in [5.74, 6) is -0.708. The SMILES string of the molecule is CC(C)C(Cl)C(C)c1cc(C(F)(F)F)cc(C(F)(F)F)c1. The zero-order valence-electron chi connectivity index (χ0n) is 11.6. The molecule has 0 amide bonds. The smallest absolute Gasteiger partial charge is 0.166 e. The second-order valence-electron chi connectivity index (χ2n) is 5.32. The van der Waals surface area contributed by atoms with Crippen molar-refractivity contribution in [2.45, 2.75) is 44.4 Å². The van der Waals surface area contributed by atoms with Crippen LogP contribution in [0.5, 0.6) is 0 Å². The number of hydrogen-bond acceptors (Lipinski definition) is 0. The molecule has 0 aromatic heterocycles. The van der Waals surface area contributed by atoms with E-state index in [1.54, 1.807) is 13.8 Å². The van der Waals surface area contributed by atoms with E-state index in [4.69, 9.17) is 11.6 Å². The van der Waals surface area contributed by atoms with Gasteiger partial charge in [-0.1, -0.05) is 20.8 Å². The van der Waals surface area contributed by atoms with E-state index in [9.17, 15) is 26.3 Å². The monoisotopic (exact) mass is 332 g/mol. The molecular formula is C14H15ClF6. The van der Waals surface area contributed by atoms with Gasteiger partial charge in [0.05, 0.1) is 11.1 Å². The molecule has 0 saturated carbocycles. The van der Waals surface area contributed by atoms with Crippen LogP contribution in [-0.2, 0) is 12.4 Å². The Morgan fingerprint density at radius 1 is 0.810 bits per heavy atom. The van der Waals surface area contributed by atoms with E-state index >= 15 is 0 Å². The summed E-state index contributed by atoms with van der Waals surface area (Å²) in [5.41, 5.74) is -2.69. The van der Waals surface area contributed by atoms with Crippen LogP contribution in [0.15, 0.2) is 18.2 Å². The van der Waals surface area contributed by atoms with Gasteiger partial charge in [-0.15, -0.1) is 11.6 Å². The standard InChI is InChI=1S/C14H15ClF6/c1-7(2)12(15)8(3)9-4-10(13(16,17)18)6-11(5-9)14(19,20)21/h4-8,12H,1-3H3. The van der Waals surface area contributed by atoms with Crippen molar-refractivity contribution in [3.8, 4) is 0 Å². The van der Waals surface area contributed by atoms with Gasteiger partial charge in [0.15, 0.2) is 0 Å². The van der Waals surface area contributed by atoms with Crippen LogP contribution in [0.4, 0.5) is 26.3 Å². The van der Waals surface area contributed by atoms with Gasteiger partial charge in [0.2, 0.25) is 0 Å². The van der Waals surface area contributed by atoms with E-state index in [0.717, 1.165) is 12.1 Å². The lowest BCUT2D eigenvalue weighted by Crippen LogP contribution is -2.18. The van der Waals surface area contributed by atoms with Crippen molar-refractivity contribution in [2.24, 2.45) is 5.92 Å². The lowest BCUT2D eigenvalue weighted by Gasteiger charge is -2.23. The van der Waals surface area contributed by atoms with Gasteiger partial charge in [-0.25, -0.2) is 0 Å². The summed E-state index contributed by atoms with van der Waals surface area (Å²) >= 11 is 6.07. The average molecular weight is 333 g/mol. The van der Waals surface area contributed by atoms with Crippen LogP contribution in [0.1, 0.15) is 43.4 Å². The number of halogens is 7.